The minimum Gasteiger partial charge on any atom is -0.481 e. The van der Waals surface area contributed by atoms with E-state index in [0.29, 0.717) is 6.42 Å². The van der Waals surface area contributed by atoms with Crippen molar-refractivity contribution in [3.8, 4) is 0 Å². The summed E-state index contributed by atoms with van der Waals surface area (Å²) in [5.74, 6) is -2.59. The fraction of sp³-hybridized carbons (Fsp3) is 0.875. The normalized spacial score (nSPS) is 35.7. The van der Waals surface area contributed by atoms with Crippen LogP contribution < -0.4 is 0 Å². The van der Waals surface area contributed by atoms with Gasteiger partial charge < -0.3 is 59.4 Å². The summed E-state index contributed by atoms with van der Waals surface area (Å²) in [6.07, 6.45) is -0.318. The van der Waals surface area contributed by atoms with Crippen LogP contribution in [0, 0.1) is 5.92 Å². The molecule has 14 nitrogen and oxygen atoms in total. The van der Waals surface area contributed by atoms with E-state index in [0.717, 1.165) is 77.0 Å². The number of esters is 1. The van der Waals surface area contributed by atoms with Crippen molar-refractivity contribution in [2.24, 2.45) is 5.92 Å². The van der Waals surface area contributed by atoms with Crippen LogP contribution in [0.15, 0.2) is 12.2 Å². The lowest BCUT2D eigenvalue weighted by Crippen LogP contribution is -2.60. The third-order valence-corrected chi connectivity index (χ3v) is 9.05. The standard InChI is InChI=1S/C32H54O14/c1-18(44-32-28(38)26(36)25(35)22(46-32)17-43-31-27(37)24(34)20(33)16-42-31)14-12-10-8-6-4-3-5-7-9-11-13-15-21-23(29(39)40)19(2)30(41)45-21/h18,20-28,31-38H,2-17H2,1H3,(H,39,40). The Morgan fingerprint density at radius 2 is 1.37 bits per heavy atom. The first-order valence-electron chi connectivity index (χ1n) is 16.7. The van der Waals surface area contributed by atoms with Crippen LogP contribution in [0.3, 0.4) is 0 Å². The van der Waals surface area contributed by atoms with Gasteiger partial charge in [-0.05, 0) is 26.2 Å². The summed E-state index contributed by atoms with van der Waals surface area (Å²) in [4.78, 5) is 23.0. The van der Waals surface area contributed by atoms with Crippen molar-refractivity contribution in [3.63, 3.8) is 0 Å². The molecule has 0 aromatic heterocycles. The molecule has 3 heterocycles. The second-order valence-corrected chi connectivity index (χ2v) is 12.8. The van der Waals surface area contributed by atoms with E-state index in [1.807, 2.05) is 6.92 Å². The maximum atomic E-state index is 11.6. The number of rotatable bonds is 20. The molecule has 0 aromatic rings. The van der Waals surface area contributed by atoms with Gasteiger partial charge in [-0.3, -0.25) is 4.79 Å². The van der Waals surface area contributed by atoms with Crippen molar-refractivity contribution in [1.82, 2.24) is 0 Å². The lowest BCUT2D eigenvalue weighted by atomic mass is 9.93. The minimum absolute atomic E-state index is 0.0357. The average Bonchev–Trinajstić information content (AvgIpc) is 3.31. The van der Waals surface area contributed by atoms with Gasteiger partial charge in [-0.2, -0.15) is 0 Å². The Balaban J connectivity index is 1.20. The van der Waals surface area contributed by atoms with Gasteiger partial charge in [0.15, 0.2) is 12.6 Å². The van der Waals surface area contributed by atoms with Crippen LogP contribution in [0.5, 0.6) is 0 Å². The lowest BCUT2D eigenvalue weighted by Gasteiger charge is -2.42. The summed E-state index contributed by atoms with van der Waals surface area (Å²) in [6, 6.07) is 0. The van der Waals surface area contributed by atoms with E-state index >= 15 is 0 Å². The largest absolute Gasteiger partial charge is 0.481 e. The molecule has 3 aliphatic heterocycles. The molecule has 0 spiro atoms. The summed E-state index contributed by atoms with van der Waals surface area (Å²) in [5.41, 5.74) is 0.0357. The Labute approximate surface area is 270 Å². The van der Waals surface area contributed by atoms with Gasteiger partial charge in [0.05, 0.1) is 19.3 Å². The van der Waals surface area contributed by atoms with Gasteiger partial charge in [0.1, 0.15) is 54.7 Å². The zero-order valence-electron chi connectivity index (χ0n) is 26.7. The van der Waals surface area contributed by atoms with Crippen molar-refractivity contribution in [3.05, 3.63) is 12.2 Å². The number of carbonyl (C=O) groups excluding carboxylic acids is 1. The number of cyclic esters (lactones) is 1. The Kier molecular flexibility index (Phi) is 16.3. The van der Waals surface area contributed by atoms with E-state index in [9.17, 15) is 45.3 Å². The molecule has 0 amide bonds. The van der Waals surface area contributed by atoms with Gasteiger partial charge >= 0.3 is 11.9 Å². The Bertz CT molecular complexity index is 948. The highest BCUT2D eigenvalue weighted by molar-refractivity contribution is 5.97. The highest BCUT2D eigenvalue weighted by Crippen LogP contribution is 2.31. The van der Waals surface area contributed by atoms with Crippen LogP contribution in [0.4, 0.5) is 0 Å². The number of aliphatic hydroxyl groups is 6. The first-order chi connectivity index (χ1) is 21.9. The molecule has 3 aliphatic rings. The molecule has 0 aliphatic carbocycles. The molecular formula is C32H54O14. The number of carboxylic acid groups (broad SMARTS) is 1. The van der Waals surface area contributed by atoms with Crippen molar-refractivity contribution in [2.45, 2.75) is 158 Å². The summed E-state index contributed by atoms with van der Waals surface area (Å²) in [5, 5.41) is 69.8. The number of hydrogen-bond donors (Lipinski definition) is 7. The van der Waals surface area contributed by atoms with Crippen LogP contribution in [0.25, 0.3) is 0 Å². The van der Waals surface area contributed by atoms with Crippen molar-refractivity contribution >= 4 is 11.9 Å². The SMILES string of the molecule is C=C1C(=O)OC(CCCCCCCCCCCCCC(C)OC2OC(COC3OCC(O)C(O)C3O)C(O)C(O)C2O)C1C(=O)O. The molecule has 12 atom stereocenters. The lowest BCUT2D eigenvalue weighted by molar-refractivity contribution is -0.326. The van der Waals surface area contributed by atoms with Crippen molar-refractivity contribution in [2.75, 3.05) is 13.2 Å². The van der Waals surface area contributed by atoms with Gasteiger partial charge in [0.2, 0.25) is 0 Å². The highest BCUT2D eigenvalue weighted by Gasteiger charge is 2.46. The van der Waals surface area contributed by atoms with Crippen LogP contribution >= 0.6 is 0 Å². The Hall–Kier alpha value is -1.72. The number of aliphatic carboxylic acids is 1. The second-order valence-electron chi connectivity index (χ2n) is 12.8. The molecule has 12 unspecified atom stereocenters. The number of aliphatic hydroxyl groups excluding tert-OH is 6. The molecule has 3 rings (SSSR count). The van der Waals surface area contributed by atoms with E-state index in [4.69, 9.17) is 23.7 Å². The Morgan fingerprint density at radius 1 is 0.804 bits per heavy atom. The summed E-state index contributed by atoms with van der Waals surface area (Å²) in [6.45, 7) is 4.82. The first kappa shape index (κ1) is 38.7. The maximum Gasteiger partial charge on any atom is 0.334 e. The molecular weight excluding hydrogens is 608 g/mol. The maximum absolute atomic E-state index is 11.6. The van der Waals surface area contributed by atoms with Crippen molar-refractivity contribution < 1.29 is 69.0 Å². The molecule has 0 saturated carbocycles. The molecule has 3 saturated heterocycles. The highest BCUT2D eigenvalue weighted by atomic mass is 16.7. The van der Waals surface area contributed by atoms with Crippen LogP contribution in [-0.4, -0.2) is 128 Å². The average molecular weight is 663 g/mol. The second kappa shape index (κ2) is 19.3. The van der Waals surface area contributed by atoms with Gasteiger partial charge in [0, 0.05) is 5.57 Å². The molecule has 0 radical (unpaired) electrons. The van der Waals surface area contributed by atoms with E-state index in [1.54, 1.807) is 0 Å². The van der Waals surface area contributed by atoms with Crippen LogP contribution in [0.2, 0.25) is 0 Å². The van der Waals surface area contributed by atoms with E-state index in [-0.39, 0.29) is 24.9 Å². The quantitative estimate of drug-likeness (QED) is 0.0547. The smallest absolute Gasteiger partial charge is 0.334 e. The zero-order valence-corrected chi connectivity index (χ0v) is 26.7. The third kappa shape index (κ3) is 11.2. The number of hydrogen-bond acceptors (Lipinski definition) is 13. The van der Waals surface area contributed by atoms with E-state index in [1.165, 1.54) is 0 Å². The molecule has 0 bridgehead atoms. The van der Waals surface area contributed by atoms with E-state index in [2.05, 4.69) is 6.58 Å². The predicted octanol–water partition coefficient (Wildman–Crippen LogP) is 0.908. The van der Waals surface area contributed by atoms with Crippen molar-refractivity contribution in [1.29, 1.82) is 0 Å². The fourth-order valence-corrected chi connectivity index (χ4v) is 6.11. The number of ether oxygens (including phenoxy) is 5. The molecule has 266 valence electrons. The zero-order chi connectivity index (χ0) is 33.8. The summed E-state index contributed by atoms with van der Waals surface area (Å²) < 4.78 is 27.3. The predicted molar refractivity (Wildman–Crippen MR) is 161 cm³/mol. The van der Waals surface area contributed by atoms with Crippen LogP contribution in [-0.2, 0) is 33.3 Å². The molecule has 0 aromatic carbocycles. The Morgan fingerprint density at radius 3 is 1.98 bits per heavy atom. The molecule has 14 heteroatoms. The number of carboxylic acids is 1. The fourth-order valence-electron chi connectivity index (χ4n) is 6.11. The molecule has 3 fully saturated rings. The minimum atomic E-state index is -1.55. The van der Waals surface area contributed by atoms with Gasteiger partial charge in [-0.15, -0.1) is 0 Å². The molecule has 46 heavy (non-hydrogen) atoms. The number of unbranched alkanes of at least 4 members (excludes halogenated alkanes) is 10. The monoisotopic (exact) mass is 662 g/mol. The third-order valence-electron chi connectivity index (χ3n) is 9.05. The topological polar surface area (TPSA) is 222 Å². The molecule has 7 N–H and O–H groups in total. The first-order valence-corrected chi connectivity index (χ1v) is 16.7. The van der Waals surface area contributed by atoms with Gasteiger partial charge in [-0.25, -0.2) is 4.79 Å². The van der Waals surface area contributed by atoms with E-state index < -0.39 is 79.3 Å². The summed E-state index contributed by atoms with van der Waals surface area (Å²) in [7, 11) is 0. The summed E-state index contributed by atoms with van der Waals surface area (Å²) >= 11 is 0. The van der Waals surface area contributed by atoms with Crippen LogP contribution in [0.1, 0.15) is 90.4 Å². The van der Waals surface area contributed by atoms with Gasteiger partial charge in [-0.1, -0.05) is 70.8 Å². The van der Waals surface area contributed by atoms with Gasteiger partial charge in [0.25, 0.3) is 0 Å². The number of carbonyl (C=O) groups is 2.